The summed E-state index contributed by atoms with van der Waals surface area (Å²) in [6, 6.07) is 45.5. The van der Waals surface area contributed by atoms with E-state index in [-0.39, 0.29) is 11.9 Å². The van der Waals surface area contributed by atoms with Crippen LogP contribution in [0.2, 0.25) is 0 Å². The third-order valence-corrected chi connectivity index (χ3v) is 16.8. The molecule has 0 aliphatic carbocycles. The van der Waals surface area contributed by atoms with E-state index in [1.54, 1.807) is 0 Å². The van der Waals surface area contributed by atoms with Crippen molar-refractivity contribution in [1.82, 2.24) is 9.13 Å². The number of hydrogen-bond acceptors (Lipinski definition) is 8. The number of ether oxygens (including phenoxy) is 4. The lowest BCUT2D eigenvalue weighted by Crippen LogP contribution is -2.31. The van der Waals surface area contributed by atoms with Crippen LogP contribution in [-0.2, 0) is 33.8 Å². The van der Waals surface area contributed by atoms with Crippen LogP contribution in [0.5, 0.6) is 11.5 Å². The number of fused-ring (bicyclic) bond motifs is 4. The van der Waals surface area contributed by atoms with Gasteiger partial charge >= 0.3 is 11.9 Å². The summed E-state index contributed by atoms with van der Waals surface area (Å²) in [6.45, 7) is 23.5. The highest BCUT2D eigenvalue weighted by molar-refractivity contribution is 6.00. The lowest BCUT2D eigenvalue weighted by atomic mass is 9.78. The predicted molar refractivity (Wildman–Crippen MR) is 316 cm³/mol. The fraction of sp³-hybridized carbons (Fsp3) is 0.382. The van der Waals surface area contributed by atoms with Gasteiger partial charge in [-0.2, -0.15) is 0 Å². The number of carbonyl (C=O) groups excluding carboxylic acids is 2. The number of aryl methyl sites for hydroxylation is 2. The molecule has 2 aliphatic rings. The molecule has 2 atom stereocenters. The Morgan fingerprint density at radius 3 is 1.18 bits per heavy atom. The third-order valence-electron chi connectivity index (χ3n) is 16.8. The molecule has 10 heteroatoms. The molecule has 0 bridgehead atoms. The standard InChI is InChI=1S/C68H78N4O6/c1-9-69(10-2)49-39-41-57(67(55-35-25-21-31-51(55)65(73)77-67)63-47(7)71(13-5)59-37-27-23-33-53(59)63)61(45-49)75-43-29-19-17-15-16-18-20-30-44-76-62-46-50(70(11-3)12-4)40-42-58(62)68(56-36-26-22-32-52(56)66(74)78-68)64-48(8)72(14-6)60-38-28-24-34-54(60)64/h21-28,31-42,45-46H,9-20,29-30,43-44H2,1-8H3. The minimum Gasteiger partial charge on any atom is -0.493 e. The Kier molecular flexibility index (Phi) is 16.1. The van der Waals surface area contributed by atoms with E-state index in [0.29, 0.717) is 24.3 Å². The van der Waals surface area contributed by atoms with Crippen molar-refractivity contribution in [2.24, 2.45) is 0 Å². The van der Waals surface area contributed by atoms with Gasteiger partial charge in [-0.25, -0.2) is 9.59 Å². The highest BCUT2D eigenvalue weighted by Gasteiger charge is 2.54. The van der Waals surface area contributed by atoms with Crippen LogP contribution in [0.25, 0.3) is 21.8 Å². The van der Waals surface area contributed by atoms with E-state index in [1.807, 2.05) is 36.4 Å². The Balaban J connectivity index is 0.814. The number of anilines is 2. The number of hydrogen-bond donors (Lipinski definition) is 0. The van der Waals surface area contributed by atoms with Crippen LogP contribution in [0, 0.1) is 13.8 Å². The molecule has 0 fully saturated rings. The highest BCUT2D eigenvalue weighted by Crippen LogP contribution is 2.55. The molecule has 10 nitrogen and oxygen atoms in total. The summed E-state index contributed by atoms with van der Waals surface area (Å²) in [6.07, 6.45) is 8.46. The summed E-state index contributed by atoms with van der Waals surface area (Å²) in [7, 11) is 0. The van der Waals surface area contributed by atoms with E-state index in [4.69, 9.17) is 18.9 Å². The number of aromatic nitrogens is 2. The predicted octanol–water partition coefficient (Wildman–Crippen LogP) is 15.4. The van der Waals surface area contributed by atoms with Crippen LogP contribution in [0.15, 0.2) is 133 Å². The average molecular weight is 1050 g/mol. The zero-order valence-electron chi connectivity index (χ0n) is 47.3. The van der Waals surface area contributed by atoms with Gasteiger partial charge in [0.15, 0.2) is 11.2 Å². The number of esters is 2. The Morgan fingerprint density at radius 1 is 0.436 bits per heavy atom. The molecule has 0 saturated heterocycles. The van der Waals surface area contributed by atoms with Crippen molar-refractivity contribution in [2.75, 3.05) is 49.2 Å². The smallest absolute Gasteiger partial charge is 0.340 e. The normalized spacial score (nSPS) is 16.6. The SMILES string of the molecule is CCN(CC)c1ccc(C2(c3c(C)n(CC)c4ccccc34)OC(=O)c3ccccc32)c(OCCCCCCCCCCOc2cc(N(CC)CC)ccc2C2(c3c(C)n(CC)c4ccccc34)OC(=O)c3ccccc32)c1. The molecule has 6 aromatic carbocycles. The first kappa shape index (κ1) is 53.9. The first-order valence-electron chi connectivity index (χ1n) is 29.0. The quantitative estimate of drug-likeness (QED) is 0.0413. The number of benzene rings is 6. The van der Waals surface area contributed by atoms with Crippen molar-refractivity contribution in [1.29, 1.82) is 0 Å². The molecule has 4 heterocycles. The lowest BCUT2D eigenvalue weighted by Gasteiger charge is -2.33. The number of carbonyl (C=O) groups is 2. The van der Waals surface area contributed by atoms with Gasteiger partial charge in [-0.15, -0.1) is 0 Å². The lowest BCUT2D eigenvalue weighted by molar-refractivity contribution is 0.0235. The van der Waals surface area contributed by atoms with E-state index in [2.05, 4.69) is 171 Å². The Labute approximate surface area is 461 Å². The van der Waals surface area contributed by atoms with Crippen molar-refractivity contribution in [3.63, 3.8) is 0 Å². The molecule has 0 spiro atoms. The van der Waals surface area contributed by atoms with Crippen molar-refractivity contribution in [3.8, 4) is 11.5 Å². The van der Waals surface area contributed by atoms with Gasteiger partial charge in [0.25, 0.3) is 0 Å². The molecule has 2 aliphatic heterocycles. The maximum atomic E-state index is 14.0. The van der Waals surface area contributed by atoms with E-state index < -0.39 is 11.2 Å². The summed E-state index contributed by atoms with van der Waals surface area (Å²) in [5, 5.41) is 2.14. The second kappa shape index (κ2) is 23.2. The summed E-state index contributed by atoms with van der Waals surface area (Å²) < 4.78 is 32.1. The molecule has 2 unspecified atom stereocenters. The molecule has 406 valence electrons. The van der Waals surface area contributed by atoms with Gasteiger partial charge in [0.1, 0.15) is 11.5 Å². The van der Waals surface area contributed by atoms with Crippen LogP contribution in [0.4, 0.5) is 11.4 Å². The minimum atomic E-state index is -1.20. The number of nitrogens with zero attached hydrogens (tertiary/aromatic N) is 4. The van der Waals surface area contributed by atoms with Crippen LogP contribution < -0.4 is 19.3 Å². The van der Waals surface area contributed by atoms with Crippen molar-refractivity contribution >= 4 is 45.1 Å². The number of para-hydroxylation sites is 2. The van der Waals surface area contributed by atoms with E-state index in [1.165, 1.54) is 0 Å². The van der Waals surface area contributed by atoms with Crippen LogP contribution in [0.3, 0.4) is 0 Å². The molecule has 0 amide bonds. The van der Waals surface area contributed by atoms with Crippen molar-refractivity contribution < 1.29 is 28.5 Å². The second-order valence-electron chi connectivity index (χ2n) is 20.9. The molecule has 0 N–H and O–H groups in total. The summed E-state index contributed by atoms with van der Waals surface area (Å²) in [5.74, 6) is 0.841. The summed E-state index contributed by atoms with van der Waals surface area (Å²) in [4.78, 5) is 32.7. The number of rotatable bonds is 25. The monoisotopic (exact) mass is 1050 g/mol. The fourth-order valence-corrected chi connectivity index (χ4v) is 13.1. The molecule has 8 aromatic rings. The van der Waals surface area contributed by atoms with E-state index in [0.717, 1.165) is 180 Å². The molecular weight excluding hydrogens is 969 g/mol. The summed E-state index contributed by atoms with van der Waals surface area (Å²) >= 11 is 0. The Hall–Kier alpha value is -7.46. The van der Waals surface area contributed by atoms with Gasteiger partial charge in [0.2, 0.25) is 0 Å². The molecule has 10 rings (SSSR count). The van der Waals surface area contributed by atoms with Crippen LogP contribution in [0.1, 0.15) is 158 Å². The zero-order chi connectivity index (χ0) is 54.6. The van der Waals surface area contributed by atoms with Crippen LogP contribution >= 0.6 is 0 Å². The topological polar surface area (TPSA) is 87.4 Å². The first-order chi connectivity index (χ1) is 38.1. The van der Waals surface area contributed by atoms with Crippen molar-refractivity contribution in [3.05, 3.63) is 189 Å². The zero-order valence-corrected chi connectivity index (χ0v) is 47.3. The van der Waals surface area contributed by atoms with E-state index in [9.17, 15) is 9.59 Å². The third kappa shape index (κ3) is 9.28. The highest BCUT2D eigenvalue weighted by atomic mass is 16.6. The first-order valence-corrected chi connectivity index (χ1v) is 29.0. The fourth-order valence-electron chi connectivity index (χ4n) is 13.1. The molecular formula is C68H78N4O6. The summed E-state index contributed by atoms with van der Waals surface area (Å²) in [5.41, 5.74) is 10.7. The largest absolute Gasteiger partial charge is 0.493 e. The Morgan fingerprint density at radius 2 is 0.795 bits per heavy atom. The number of unbranched alkanes of at least 4 members (excludes halogenated alkanes) is 7. The maximum Gasteiger partial charge on any atom is 0.340 e. The molecule has 2 aromatic heterocycles. The minimum absolute atomic E-state index is 0.324. The van der Waals surface area contributed by atoms with Crippen LogP contribution in [-0.4, -0.2) is 60.5 Å². The van der Waals surface area contributed by atoms with Gasteiger partial charge in [0, 0.05) is 129 Å². The molecule has 78 heavy (non-hydrogen) atoms. The number of cyclic esters (lactones) is 2. The molecule has 0 radical (unpaired) electrons. The van der Waals surface area contributed by atoms with Gasteiger partial charge in [-0.3, -0.25) is 0 Å². The maximum absolute atomic E-state index is 14.0. The van der Waals surface area contributed by atoms with Gasteiger partial charge < -0.3 is 37.9 Å². The van der Waals surface area contributed by atoms with E-state index >= 15 is 0 Å². The van der Waals surface area contributed by atoms with Crippen molar-refractivity contribution in [2.45, 2.75) is 131 Å². The Bertz CT molecular complexity index is 3230. The average Bonchev–Trinajstić information content (AvgIpc) is 4.31. The van der Waals surface area contributed by atoms with Gasteiger partial charge in [0.05, 0.1) is 24.3 Å². The van der Waals surface area contributed by atoms with Gasteiger partial charge in [-0.05, 0) is 117 Å². The van der Waals surface area contributed by atoms with Gasteiger partial charge in [-0.1, -0.05) is 111 Å². The second-order valence-corrected chi connectivity index (χ2v) is 20.9. The molecule has 0 saturated carbocycles.